The minimum atomic E-state index is 1.26. The summed E-state index contributed by atoms with van der Waals surface area (Å²) >= 11 is 0. The molecule has 0 aromatic heterocycles. The Morgan fingerprint density at radius 1 is 0.370 bits per heavy atom. The summed E-state index contributed by atoms with van der Waals surface area (Å²) in [5.74, 6) is 0. The third-order valence-electron chi connectivity index (χ3n) is 5.12. The zero-order valence-corrected chi connectivity index (χ0v) is 16.2. The predicted octanol–water partition coefficient (Wildman–Crippen LogP) is 7.61. The molecule has 27 heavy (non-hydrogen) atoms. The molecule has 0 bridgehead atoms. The van der Waals surface area contributed by atoms with Gasteiger partial charge in [-0.2, -0.15) is 0 Å². The van der Waals surface area contributed by atoms with Crippen molar-refractivity contribution in [2.24, 2.45) is 0 Å². The van der Waals surface area contributed by atoms with Gasteiger partial charge in [0, 0.05) is 0 Å². The molecule has 0 heteroatoms. The first-order valence-corrected chi connectivity index (χ1v) is 9.46. The first kappa shape index (κ1) is 17.3. The Morgan fingerprint density at radius 3 is 1.41 bits per heavy atom. The van der Waals surface area contributed by atoms with Crippen molar-refractivity contribution >= 4 is 0 Å². The maximum absolute atomic E-state index is 2.30. The van der Waals surface area contributed by atoms with Crippen LogP contribution in [-0.2, 0) is 0 Å². The number of aryl methyl sites for hydroxylation is 3. The van der Waals surface area contributed by atoms with Crippen molar-refractivity contribution in [3.05, 3.63) is 108 Å². The lowest BCUT2D eigenvalue weighted by Crippen LogP contribution is -1.90. The molecule has 0 N–H and O–H groups in total. The van der Waals surface area contributed by atoms with E-state index in [1.54, 1.807) is 0 Å². The molecule has 0 radical (unpaired) electrons. The van der Waals surface area contributed by atoms with E-state index in [0.29, 0.717) is 0 Å². The van der Waals surface area contributed by atoms with Crippen molar-refractivity contribution in [1.82, 2.24) is 0 Å². The third-order valence-corrected chi connectivity index (χ3v) is 5.12. The lowest BCUT2D eigenvalue weighted by atomic mass is 9.88. The molecule has 0 unspecified atom stereocenters. The minimum absolute atomic E-state index is 1.26. The van der Waals surface area contributed by atoms with Crippen LogP contribution in [0.15, 0.2) is 91.0 Å². The second kappa shape index (κ2) is 7.25. The van der Waals surface area contributed by atoms with Crippen molar-refractivity contribution in [3.63, 3.8) is 0 Å². The van der Waals surface area contributed by atoms with Gasteiger partial charge in [0.1, 0.15) is 0 Å². The van der Waals surface area contributed by atoms with Gasteiger partial charge in [-0.15, -0.1) is 0 Å². The molecule has 0 atom stereocenters. The molecule has 0 heterocycles. The van der Waals surface area contributed by atoms with Gasteiger partial charge in [0.05, 0.1) is 0 Å². The topological polar surface area (TPSA) is 0 Å². The molecule has 4 rings (SSSR count). The smallest absolute Gasteiger partial charge is 0.00990 e. The third kappa shape index (κ3) is 3.57. The summed E-state index contributed by atoms with van der Waals surface area (Å²) in [6, 6.07) is 33.1. The van der Waals surface area contributed by atoms with E-state index in [0.717, 1.165) is 0 Å². The van der Waals surface area contributed by atoms with Crippen LogP contribution in [-0.4, -0.2) is 0 Å². The fourth-order valence-corrected chi connectivity index (χ4v) is 3.57. The summed E-state index contributed by atoms with van der Waals surface area (Å²) in [5.41, 5.74) is 11.5. The van der Waals surface area contributed by atoms with Crippen LogP contribution < -0.4 is 0 Å². The van der Waals surface area contributed by atoms with Gasteiger partial charge >= 0.3 is 0 Å². The molecule has 0 aliphatic rings. The maximum Gasteiger partial charge on any atom is -0.00990 e. The average Bonchev–Trinajstić information content (AvgIpc) is 2.69. The van der Waals surface area contributed by atoms with E-state index in [1.807, 2.05) is 0 Å². The summed E-state index contributed by atoms with van der Waals surface area (Å²) in [6.45, 7) is 6.42. The monoisotopic (exact) mass is 348 g/mol. The first-order valence-electron chi connectivity index (χ1n) is 9.46. The normalized spacial score (nSPS) is 10.8. The van der Waals surface area contributed by atoms with Gasteiger partial charge in [-0.3, -0.25) is 0 Å². The SMILES string of the molecule is Cc1ccc(-c2ccccc2-c2ccc(C)cc2-c2ccc(C)cc2)cc1. The lowest BCUT2D eigenvalue weighted by molar-refractivity contribution is 1.44. The maximum atomic E-state index is 2.30. The number of hydrogen-bond acceptors (Lipinski definition) is 0. The van der Waals surface area contributed by atoms with Gasteiger partial charge in [-0.05, 0) is 54.2 Å². The van der Waals surface area contributed by atoms with Gasteiger partial charge in [0.25, 0.3) is 0 Å². The zero-order chi connectivity index (χ0) is 18.8. The fraction of sp³-hybridized carbons (Fsp3) is 0.111. The highest BCUT2D eigenvalue weighted by Gasteiger charge is 2.12. The van der Waals surface area contributed by atoms with Crippen LogP contribution in [0.2, 0.25) is 0 Å². The molecular formula is C27H24. The highest BCUT2D eigenvalue weighted by molar-refractivity contribution is 5.91. The first-order chi connectivity index (χ1) is 13.1. The van der Waals surface area contributed by atoms with E-state index in [9.17, 15) is 0 Å². The van der Waals surface area contributed by atoms with Crippen LogP contribution in [0.4, 0.5) is 0 Å². The fourth-order valence-electron chi connectivity index (χ4n) is 3.57. The van der Waals surface area contributed by atoms with Gasteiger partial charge in [-0.25, -0.2) is 0 Å². The Balaban J connectivity index is 1.92. The van der Waals surface area contributed by atoms with E-state index in [2.05, 4.69) is 112 Å². The quantitative estimate of drug-likeness (QED) is 0.357. The van der Waals surface area contributed by atoms with E-state index >= 15 is 0 Å². The number of hydrogen-bond donors (Lipinski definition) is 0. The molecule has 0 fully saturated rings. The average molecular weight is 348 g/mol. The molecule has 0 spiro atoms. The van der Waals surface area contributed by atoms with Gasteiger partial charge in [0.15, 0.2) is 0 Å². The van der Waals surface area contributed by atoms with Crippen molar-refractivity contribution < 1.29 is 0 Å². The summed E-state index contributed by atoms with van der Waals surface area (Å²) in [4.78, 5) is 0. The van der Waals surface area contributed by atoms with Crippen LogP contribution in [0.25, 0.3) is 33.4 Å². The predicted molar refractivity (Wildman–Crippen MR) is 117 cm³/mol. The molecule has 132 valence electrons. The molecule has 0 nitrogen and oxygen atoms in total. The van der Waals surface area contributed by atoms with Crippen molar-refractivity contribution in [3.8, 4) is 33.4 Å². The summed E-state index contributed by atoms with van der Waals surface area (Å²) in [6.07, 6.45) is 0. The number of benzene rings is 4. The molecule has 0 amide bonds. The molecule has 0 saturated carbocycles. The van der Waals surface area contributed by atoms with Crippen LogP contribution in [0.5, 0.6) is 0 Å². The summed E-state index contributed by atoms with van der Waals surface area (Å²) in [7, 11) is 0. The molecule has 0 aliphatic carbocycles. The Morgan fingerprint density at radius 2 is 0.815 bits per heavy atom. The summed E-state index contributed by atoms with van der Waals surface area (Å²) < 4.78 is 0. The Labute approximate surface area is 162 Å². The van der Waals surface area contributed by atoms with E-state index in [4.69, 9.17) is 0 Å². The molecule has 0 saturated heterocycles. The van der Waals surface area contributed by atoms with Crippen LogP contribution >= 0.6 is 0 Å². The highest BCUT2D eigenvalue weighted by Crippen LogP contribution is 2.38. The second-order valence-electron chi connectivity index (χ2n) is 7.33. The largest absolute Gasteiger partial charge is 0.0616 e. The lowest BCUT2D eigenvalue weighted by Gasteiger charge is -2.16. The van der Waals surface area contributed by atoms with Gasteiger partial charge < -0.3 is 0 Å². The van der Waals surface area contributed by atoms with Gasteiger partial charge in [-0.1, -0.05) is 108 Å². The summed E-state index contributed by atoms with van der Waals surface area (Å²) in [5, 5.41) is 0. The Kier molecular flexibility index (Phi) is 4.64. The minimum Gasteiger partial charge on any atom is -0.0616 e. The van der Waals surface area contributed by atoms with Gasteiger partial charge in [0.2, 0.25) is 0 Å². The van der Waals surface area contributed by atoms with Crippen LogP contribution in [0.1, 0.15) is 16.7 Å². The van der Waals surface area contributed by atoms with Crippen molar-refractivity contribution in [1.29, 1.82) is 0 Å². The highest BCUT2D eigenvalue weighted by atomic mass is 14.2. The molecule has 0 aliphatic heterocycles. The molecule has 4 aromatic rings. The second-order valence-corrected chi connectivity index (χ2v) is 7.33. The Hall–Kier alpha value is -3.12. The van der Waals surface area contributed by atoms with Crippen LogP contribution in [0, 0.1) is 20.8 Å². The molecular weight excluding hydrogens is 324 g/mol. The van der Waals surface area contributed by atoms with Crippen molar-refractivity contribution in [2.45, 2.75) is 20.8 Å². The van der Waals surface area contributed by atoms with E-state index in [1.165, 1.54) is 50.1 Å². The Bertz CT molecular complexity index is 1070. The molecule has 4 aromatic carbocycles. The number of rotatable bonds is 3. The van der Waals surface area contributed by atoms with E-state index in [-0.39, 0.29) is 0 Å². The standard InChI is InChI=1S/C27H24/c1-19-8-13-22(14-9-19)24-6-4-5-7-25(24)26-17-12-21(3)18-27(26)23-15-10-20(2)11-16-23/h4-18H,1-3H3. The van der Waals surface area contributed by atoms with E-state index < -0.39 is 0 Å². The zero-order valence-electron chi connectivity index (χ0n) is 16.2. The van der Waals surface area contributed by atoms with Crippen LogP contribution in [0.3, 0.4) is 0 Å². The van der Waals surface area contributed by atoms with Crippen molar-refractivity contribution in [2.75, 3.05) is 0 Å².